The van der Waals surface area contributed by atoms with E-state index in [0.717, 1.165) is 11.6 Å². The second-order valence-electron chi connectivity index (χ2n) is 5.22. The van der Waals surface area contributed by atoms with Crippen molar-refractivity contribution in [1.82, 2.24) is 10.1 Å². The summed E-state index contributed by atoms with van der Waals surface area (Å²) < 4.78 is 15.5. The highest BCUT2D eigenvalue weighted by Crippen LogP contribution is 2.20. The Bertz CT molecular complexity index is 1150. The summed E-state index contributed by atoms with van der Waals surface area (Å²) in [6.45, 7) is -0.238. The van der Waals surface area contributed by atoms with Crippen molar-refractivity contribution in [2.45, 2.75) is 6.61 Å². The standard InChI is InChI=1S/C17H9ClN2O5S/c18-10-1-2-13-11(5-10)12(21)6-14(24-13)17(22)23-7-15-19-16(20-25-15)9-3-4-26-8-9/h1-6,8H,7H2. The molecular weight excluding hydrogens is 380 g/mol. The molecule has 0 aliphatic heterocycles. The van der Waals surface area contributed by atoms with Gasteiger partial charge in [-0.15, -0.1) is 0 Å². The van der Waals surface area contributed by atoms with Gasteiger partial charge >= 0.3 is 5.97 Å². The van der Waals surface area contributed by atoms with Crippen LogP contribution >= 0.6 is 22.9 Å². The minimum atomic E-state index is -0.811. The summed E-state index contributed by atoms with van der Waals surface area (Å²) in [6.07, 6.45) is 0. The predicted molar refractivity (Wildman–Crippen MR) is 94.2 cm³/mol. The monoisotopic (exact) mass is 388 g/mol. The molecule has 0 fully saturated rings. The molecule has 26 heavy (non-hydrogen) atoms. The normalized spacial score (nSPS) is 11.0. The molecule has 0 radical (unpaired) electrons. The molecule has 4 aromatic rings. The van der Waals surface area contributed by atoms with Crippen LogP contribution in [0, 0.1) is 0 Å². The highest BCUT2D eigenvalue weighted by molar-refractivity contribution is 7.08. The fraction of sp³-hybridized carbons (Fsp3) is 0.0588. The lowest BCUT2D eigenvalue weighted by Crippen LogP contribution is -2.10. The number of carbonyl (C=O) groups excluding carboxylic acids is 1. The van der Waals surface area contributed by atoms with Crippen molar-refractivity contribution in [3.63, 3.8) is 0 Å². The lowest BCUT2D eigenvalue weighted by Gasteiger charge is -2.03. The van der Waals surface area contributed by atoms with Crippen LogP contribution in [0.1, 0.15) is 16.4 Å². The quantitative estimate of drug-likeness (QED) is 0.489. The maximum Gasteiger partial charge on any atom is 0.374 e. The fourth-order valence-corrected chi connectivity index (χ4v) is 3.06. The number of aromatic nitrogens is 2. The smallest absolute Gasteiger partial charge is 0.374 e. The van der Waals surface area contributed by atoms with Gasteiger partial charge in [0, 0.05) is 22.0 Å². The molecule has 9 heteroatoms. The summed E-state index contributed by atoms with van der Waals surface area (Å²) in [7, 11) is 0. The van der Waals surface area contributed by atoms with Crippen molar-refractivity contribution in [3.05, 3.63) is 68.0 Å². The van der Waals surface area contributed by atoms with Crippen LogP contribution in [0.2, 0.25) is 5.02 Å². The molecule has 0 unspecified atom stereocenters. The Morgan fingerprint density at radius 1 is 1.27 bits per heavy atom. The molecule has 7 nitrogen and oxygen atoms in total. The molecule has 0 saturated carbocycles. The molecule has 3 aromatic heterocycles. The Kier molecular flexibility index (Phi) is 4.27. The van der Waals surface area contributed by atoms with Crippen molar-refractivity contribution >= 4 is 39.9 Å². The van der Waals surface area contributed by atoms with Gasteiger partial charge in [0.25, 0.3) is 5.89 Å². The number of rotatable bonds is 4. The Morgan fingerprint density at radius 3 is 2.96 bits per heavy atom. The van der Waals surface area contributed by atoms with Crippen LogP contribution < -0.4 is 5.43 Å². The van der Waals surface area contributed by atoms with Gasteiger partial charge in [-0.05, 0) is 29.6 Å². The number of ether oxygens (including phenoxy) is 1. The first kappa shape index (κ1) is 16.5. The molecule has 0 N–H and O–H groups in total. The van der Waals surface area contributed by atoms with Gasteiger partial charge in [-0.2, -0.15) is 16.3 Å². The number of fused-ring (bicyclic) bond motifs is 1. The summed E-state index contributed by atoms with van der Waals surface area (Å²) in [5.41, 5.74) is 0.667. The third kappa shape index (κ3) is 3.24. The van der Waals surface area contributed by atoms with E-state index in [-0.39, 0.29) is 29.2 Å². The van der Waals surface area contributed by atoms with Crippen molar-refractivity contribution < 1.29 is 18.5 Å². The van der Waals surface area contributed by atoms with Gasteiger partial charge in [0.05, 0.1) is 5.39 Å². The molecule has 3 heterocycles. The number of esters is 1. The molecule has 0 aliphatic carbocycles. The Hall–Kier alpha value is -2.97. The summed E-state index contributed by atoms with van der Waals surface area (Å²) >= 11 is 7.36. The van der Waals surface area contributed by atoms with Gasteiger partial charge in [0.15, 0.2) is 12.0 Å². The number of carbonyl (C=O) groups is 1. The first-order valence-corrected chi connectivity index (χ1v) is 8.68. The van der Waals surface area contributed by atoms with Gasteiger partial charge in [0.1, 0.15) is 5.58 Å². The largest absolute Gasteiger partial charge is 0.450 e. The van der Waals surface area contributed by atoms with Crippen LogP contribution in [0.25, 0.3) is 22.4 Å². The van der Waals surface area contributed by atoms with E-state index in [9.17, 15) is 9.59 Å². The zero-order valence-corrected chi connectivity index (χ0v) is 14.5. The average Bonchev–Trinajstić information content (AvgIpc) is 3.31. The highest BCUT2D eigenvalue weighted by atomic mass is 35.5. The molecule has 130 valence electrons. The first-order chi connectivity index (χ1) is 12.6. The molecule has 1 aromatic carbocycles. The van der Waals surface area contributed by atoms with Crippen molar-refractivity contribution in [3.8, 4) is 11.4 Å². The molecule has 0 spiro atoms. The summed E-state index contributed by atoms with van der Waals surface area (Å²) in [4.78, 5) is 28.4. The van der Waals surface area contributed by atoms with E-state index in [1.165, 1.54) is 23.5 Å². The lowest BCUT2D eigenvalue weighted by molar-refractivity contribution is 0.0394. The molecule has 0 saturated heterocycles. The van der Waals surface area contributed by atoms with Gasteiger partial charge in [0.2, 0.25) is 11.6 Å². The Balaban J connectivity index is 1.51. The van der Waals surface area contributed by atoms with Crippen molar-refractivity contribution in [2.24, 2.45) is 0 Å². The van der Waals surface area contributed by atoms with Gasteiger partial charge in [-0.25, -0.2) is 4.79 Å². The minimum absolute atomic E-state index is 0.134. The molecule has 4 rings (SSSR count). The number of nitrogens with zero attached hydrogens (tertiary/aromatic N) is 2. The highest BCUT2D eigenvalue weighted by Gasteiger charge is 2.16. The van der Waals surface area contributed by atoms with Crippen molar-refractivity contribution in [2.75, 3.05) is 0 Å². The van der Waals surface area contributed by atoms with Crippen LogP contribution in [0.4, 0.5) is 0 Å². The zero-order chi connectivity index (χ0) is 18.1. The van der Waals surface area contributed by atoms with Gasteiger partial charge < -0.3 is 13.7 Å². The molecule has 0 atom stereocenters. The number of hydrogen-bond donors (Lipinski definition) is 0. The number of benzene rings is 1. The minimum Gasteiger partial charge on any atom is -0.450 e. The number of halogens is 1. The van der Waals surface area contributed by atoms with Crippen LogP contribution in [0.5, 0.6) is 0 Å². The van der Waals surface area contributed by atoms with Gasteiger partial charge in [-0.1, -0.05) is 16.8 Å². The number of thiophene rings is 1. The summed E-state index contributed by atoms with van der Waals surface area (Å²) in [5.74, 6) is -0.488. The van der Waals surface area contributed by atoms with E-state index < -0.39 is 11.4 Å². The molecule has 0 bridgehead atoms. The molecular formula is C17H9ClN2O5S. The van der Waals surface area contributed by atoms with E-state index in [0.29, 0.717) is 10.8 Å². The topological polar surface area (TPSA) is 95.4 Å². The van der Waals surface area contributed by atoms with E-state index in [1.54, 1.807) is 6.07 Å². The van der Waals surface area contributed by atoms with E-state index in [1.807, 2.05) is 16.8 Å². The second kappa shape index (κ2) is 6.74. The third-order valence-corrected chi connectivity index (χ3v) is 4.38. The predicted octanol–water partition coefficient (Wildman–Crippen LogP) is 3.91. The maximum absolute atomic E-state index is 12.1. The first-order valence-electron chi connectivity index (χ1n) is 7.36. The average molecular weight is 389 g/mol. The van der Waals surface area contributed by atoms with E-state index in [4.69, 9.17) is 25.3 Å². The fourth-order valence-electron chi connectivity index (χ4n) is 2.25. The SMILES string of the molecule is O=C(OCc1nc(-c2ccsc2)no1)c1cc(=O)c2cc(Cl)ccc2o1. The summed E-state index contributed by atoms with van der Waals surface area (Å²) in [5, 5.41) is 8.26. The van der Waals surface area contributed by atoms with E-state index >= 15 is 0 Å². The summed E-state index contributed by atoms with van der Waals surface area (Å²) in [6, 6.07) is 7.46. The van der Waals surface area contributed by atoms with Crippen LogP contribution in [0.3, 0.4) is 0 Å². The Labute approximate surface area is 154 Å². The lowest BCUT2D eigenvalue weighted by atomic mass is 10.2. The van der Waals surface area contributed by atoms with E-state index in [2.05, 4.69) is 10.1 Å². The maximum atomic E-state index is 12.1. The Morgan fingerprint density at radius 2 is 2.15 bits per heavy atom. The van der Waals surface area contributed by atoms with Crippen molar-refractivity contribution in [1.29, 1.82) is 0 Å². The third-order valence-electron chi connectivity index (χ3n) is 3.46. The van der Waals surface area contributed by atoms with Crippen LogP contribution in [0.15, 0.2) is 54.8 Å². The van der Waals surface area contributed by atoms with Gasteiger partial charge in [-0.3, -0.25) is 4.79 Å². The molecule has 0 amide bonds. The molecule has 0 aliphatic rings. The van der Waals surface area contributed by atoms with Crippen LogP contribution in [-0.2, 0) is 11.3 Å². The second-order valence-corrected chi connectivity index (χ2v) is 6.43. The number of hydrogen-bond acceptors (Lipinski definition) is 8. The zero-order valence-electron chi connectivity index (χ0n) is 13.0. The van der Waals surface area contributed by atoms with Crippen LogP contribution in [-0.4, -0.2) is 16.1 Å².